The minimum Gasteiger partial charge on any atom is -0.422 e. The average molecular weight is 453 g/mol. The van der Waals surface area contributed by atoms with Gasteiger partial charge in [-0.15, -0.1) is 0 Å². The van der Waals surface area contributed by atoms with Crippen molar-refractivity contribution in [3.63, 3.8) is 0 Å². The van der Waals surface area contributed by atoms with Crippen LogP contribution < -0.4 is 4.52 Å². The fourth-order valence-corrected chi connectivity index (χ4v) is 5.51. The molecule has 1 saturated heterocycles. The van der Waals surface area contributed by atoms with Crippen LogP contribution >= 0.6 is 7.67 Å². The molecule has 0 aromatic heterocycles. The summed E-state index contributed by atoms with van der Waals surface area (Å²) in [5.74, 6) is 0.678. The minimum absolute atomic E-state index is 0.560. The van der Waals surface area contributed by atoms with Crippen molar-refractivity contribution in [2.45, 2.75) is 96.2 Å². The number of aryl methyl sites for hydroxylation is 1. The number of rotatable bonds is 17. The summed E-state index contributed by atoms with van der Waals surface area (Å²) in [6, 6.07) is 8.05. The first-order valence-corrected chi connectivity index (χ1v) is 13.8. The van der Waals surface area contributed by atoms with Gasteiger partial charge in [-0.05, 0) is 71.6 Å². The third-order valence-electron chi connectivity index (χ3n) is 6.12. The summed E-state index contributed by atoms with van der Waals surface area (Å²) in [5.41, 5.74) is 1.25. The number of nitrogens with zero attached hydrogens (tertiary/aromatic N) is 2. The first-order chi connectivity index (χ1) is 14.9. The number of benzene rings is 1. The smallest absolute Gasteiger partial charge is 0.394 e. The molecule has 0 amide bonds. The molecule has 5 nitrogen and oxygen atoms in total. The van der Waals surface area contributed by atoms with Crippen LogP contribution in [0.3, 0.4) is 0 Å². The lowest BCUT2D eigenvalue weighted by atomic mass is 10.0. The number of unbranched alkanes of at least 4 members (excludes halogenated alkanes) is 7. The molecule has 6 heteroatoms. The molecular formula is C25H45N2O3P. The Kier molecular flexibility index (Phi) is 11.6. The lowest BCUT2D eigenvalue weighted by Crippen LogP contribution is -2.24. The summed E-state index contributed by atoms with van der Waals surface area (Å²) in [6.07, 6.45) is 16.4. The van der Waals surface area contributed by atoms with Crippen LogP contribution in [-0.4, -0.2) is 49.7 Å². The Balaban J connectivity index is 1.57. The van der Waals surface area contributed by atoms with E-state index in [4.69, 9.17) is 9.26 Å². The van der Waals surface area contributed by atoms with Gasteiger partial charge >= 0.3 is 7.67 Å². The molecule has 1 heterocycles. The van der Waals surface area contributed by atoms with Gasteiger partial charge in [-0.25, -0.2) is 13.9 Å². The average Bonchev–Trinajstić information content (AvgIpc) is 3.48. The zero-order chi connectivity index (χ0) is 22.7. The Hall–Kier alpha value is -0.870. The Labute approximate surface area is 191 Å². The highest BCUT2D eigenvalue weighted by atomic mass is 31.2. The normalized spacial score (nSPS) is 18.7. The van der Waals surface area contributed by atoms with Crippen LogP contribution in [0.1, 0.15) is 83.1 Å². The largest absolute Gasteiger partial charge is 0.422 e. The van der Waals surface area contributed by atoms with Crippen molar-refractivity contribution in [3.05, 3.63) is 29.8 Å². The Morgan fingerprint density at radius 2 is 1.45 bits per heavy atom. The standard InChI is InChI=1S/C25H45N2O3P/c1-6-7-8-13-19-24-25(29-24)20-14-11-9-10-12-16-22-17-15-18-23(21-22)30-31(28,26(2)3)27(4)5/h15,17-18,21,24-25H,6-14,16,19-20H2,1-5H3. The Morgan fingerprint density at radius 3 is 2.06 bits per heavy atom. The van der Waals surface area contributed by atoms with Crippen LogP contribution in [0, 0.1) is 0 Å². The molecule has 0 radical (unpaired) electrons. The topological polar surface area (TPSA) is 45.3 Å². The summed E-state index contributed by atoms with van der Waals surface area (Å²) in [7, 11) is 4.13. The van der Waals surface area contributed by atoms with Crippen LogP contribution in [0.25, 0.3) is 0 Å². The summed E-state index contributed by atoms with van der Waals surface area (Å²) in [5, 5.41) is 0. The zero-order valence-corrected chi connectivity index (χ0v) is 21.4. The second kappa shape index (κ2) is 13.6. The third-order valence-corrected chi connectivity index (χ3v) is 8.59. The quantitative estimate of drug-likeness (QED) is 0.146. The molecule has 0 bridgehead atoms. The fraction of sp³-hybridized carbons (Fsp3) is 0.760. The van der Waals surface area contributed by atoms with Crippen molar-refractivity contribution in [3.8, 4) is 5.75 Å². The van der Waals surface area contributed by atoms with E-state index in [0.717, 1.165) is 6.42 Å². The molecule has 178 valence electrons. The highest BCUT2D eigenvalue weighted by molar-refractivity contribution is 7.54. The lowest BCUT2D eigenvalue weighted by Gasteiger charge is -2.29. The zero-order valence-electron chi connectivity index (χ0n) is 20.5. The van der Waals surface area contributed by atoms with Crippen LogP contribution in [-0.2, 0) is 15.7 Å². The van der Waals surface area contributed by atoms with E-state index in [2.05, 4.69) is 13.0 Å². The van der Waals surface area contributed by atoms with E-state index in [0.29, 0.717) is 18.0 Å². The molecule has 0 aliphatic carbocycles. The van der Waals surface area contributed by atoms with Crippen LogP contribution in [0.15, 0.2) is 24.3 Å². The van der Waals surface area contributed by atoms with E-state index in [1.165, 1.54) is 76.2 Å². The lowest BCUT2D eigenvalue weighted by molar-refractivity contribution is 0.348. The molecule has 1 aromatic rings. The van der Waals surface area contributed by atoms with Gasteiger partial charge in [0.05, 0.1) is 12.2 Å². The van der Waals surface area contributed by atoms with Crippen LogP contribution in [0.2, 0.25) is 0 Å². The first kappa shape index (κ1) is 26.4. The molecule has 1 aliphatic heterocycles. The molecule has 2 atom stereocenters. The van der Waals surface area contributed by atoms with E-state index < -0.39 is 7.67 Å². The molecule has 2 unspecified atom stereocenters. The van der Waals surface area contributed by atoms with Gasteiger partial charge < -0.3 is 9.26 Å². The number of epoxide rings is 1. The van der Waals surface area contributed by atoms with Crippen molar-refractivity contribution >= 4 is 7.67 Å². The maximum absolute atomic E-state index is 13.0. The Morgan fingerprint density at radius 1 is 0.871 bits per heavy atom. The molecule has 1 fully saturated rings. The van der Waals surface area contributed by atoms with Gasteiger partial charge in [-0.2, -0.15) is 0 Å². The van der Waals surface area contributed by atoms with Crippen molar-refractivity contribution < 1.29 is 13.8 Å². The van der Waals surface area contributed by atoms with Crippen LogP contribution in [0.4, 0.5) is 0 Å². The fourth-order valence-electron chi connectivity index (χ4n) is 4.08. The Bertz CT molecular complexity index is 668. The number of hydrogen-bond donors (Lipinski definition) is 0. The molecule has 0 N–H and O–H groups in total. The van der Waals surface area contributed by atoms with E-state index in [-0.39, 0.29) is 0 Å². The van der Waals surface area contributed by atoms with Crippen molar-refractivity contribution in [2.75, 3.05) is 28.2 Å². The maximum Gasteiger partial charge on any atom is 0.394 e. The van der Waals surface area contributed by atoms with Gasteiger partial charge in [0.2, 0.25) is 0 Å². The third kappa shape index (κ3) is 9.26. The predicted octanol–water partition coefficient (Wildman–Crippen LogP) is 6.92. The van der Waals surface area contributed by atoms with Crippen molar-refractivity contribution in [2.24, 2.45) is 0 Å². The van der Waals surface area contributed by atoms with E-state index in [9.17, 15) is 4.57 Å². The van der Waals surface area contributed by atoms with Crippen molar-refractivity contribution in [1.29, 1.82) is 0 Å². The van der Waals surface area contributed by atoms with Crippen molar-refractivity contribution in [1.82, 2.24) is 9.34 Å². The number of hydrogen-bond acceptors (Lipinski definition) is 3. The minimum atomic E-state index is -3.01. The monoisotopic (exact) mass is 452 g/mol. The maximum atomic E-state index is 13.0. The summed E-state index contributed by atoms with van der Waals surface area (Å²) in [4.78, 5) is 0. The SMILES string of the molecule is CCCCCCC1OC1CCCCCCCc1cccc(OP(=O)(N(C)C)N(C)C)c1. The molecular weight excluding hydrogens is 407 g/mol. The second-order valence-electron chi connectivity index (χ2n) is 9.29. The highest BCUT2D eigenvalue weighted by Gasteiger charge is 2.36. The van der Waals surface area contributed by atoms with Gasteiger partial charge in [0.15, 0.2) is 0 Å². The van der Waals surface area contributed by atoms with E-state index in [1.54, 1.807) is 37.5 Å². The van der Waals surface area contributed by atoms with E-state index in [1.807, 2.05) is 18.2 Å². The molecule has 1 aliphatic rings. The van der Waals surface area contributed by atoms with Gasteiger partial charge in [-0.3, -0.25) is 0 Å². The van der Waals surface area contributed by atoms with Gasteiger partial charge in [0.25, 0.3) is 0 Å². The molecule has 0 spiro atoms. The van der Waals surface area contributed by atoms with Gasteiger partial charge in [0, 0.05) is 0 Å². The van der Waals surface area contributed by atoms with Crippen LogP contribution in [0.5, 0.6) is 5.75 Å². The molecule has 1 aromatic carbocycles. The summed E-state index contributed by atoms with van der Waals surface area (Å²) in [6.45, 7) is 2.26. The molecule has 2 rings (SSSR count). The number of ether oxygens (including phenoxy) is 1. The molecule has 0 saturated carbocycles. The molecule has 31 heavy (non-hydrogen) atoms. The second-order valence-corrected chi connectivity index (χ2v) is 12.1. The highest BCUT2D eigenvalue weighted by Crippen LogP contribution is 2.50. The summed E-state index contributed by atoms with van der Waals surface area (Å²) >= 11 is 0. The predicted molar refractivity (Wildman–Crippen MR) is 131 cm³/mol. The van der Waals surface area contributed by atoms with Gasteiger partial charge in [-0.1, -0.05) is 70.4 Å². The van der Waals surface area contributed by atoms with Gasteiger partial charge in [0.1, 0.15) is 5.75 Å². The first-order valence-electron chi connectivity index (χ1n) is 12.3. The summed E-state index contributed by atoms with van der Waals surface area (Å²) < 4.78 is 28.0. The van der Waals surface area contributed by atoms with E-state index >= 15 is 0 Å².